The highest BCUT2D eigenvalue weighted by Gasteiger charge is 2.73. The summed E-state index contributed by atoms with van der Waals surface area (Å²) in [7, 11) is 2.40. The number of pyridine rings is 1. The Hall–Kier alpha value is -1.57. The Bertz CT molecular complexity index is 707. The zero-order chi connectivity index (χ0) is 14.2. The maximum atomic E-state index is 4.74. The van der Waals surface area contributed by atoms with Gasteiger partial charge >= 0.3 is 0 Å². The second-order valence-corrected chi connectivity index (χ2v) is 7.45. The molecule has 0 aliphatic heterocycles. The molecular weight excluding hydrogens is 241 g/mol. The van der Waals surface area contributed by atoms with E-state index in [1.165, 1.54) is 23.1 Å². The van der Waals surface area contributed by atoms with E-state index in [0.717, 1.165) is 5.69 Å². The zero-order valence-corrected chi connectivity index (χ0v) is 12.7. The predicted molar refractivity (Wildman–Crippen MR) is 85.6 cm³/mol. The highest BCUT2D eigenvalue weighted by atomic mass is 14.8. The molecule has 1 fully saturated rings. The van der Waals surface area contributed by atoms with Crippen LogP contribution in [-0.4, -0.2) is 12.8 Å². The van der Waals surface area contributed by atoms with Crippen molar-refractivity contribution in [2.24, 2.45) is 5.41 Å². The molecule has 1 aromatic carbocycles. The first kappa shape index (κ1) is 12.2. The smallest absolute Gasteiger partial charge is 0.115 e. The van der Waals surface area contributed by atoms with Crippen LogP contribution in [0.5, 0.6) is 0 Å². The predicted octanol–water partition coefficient (Wildman–Crippen LogP) is 3.28. The number of hydrogen-bond donors (Lipinski definition) is 0. The van der Waals surface area contributed by atoms with Crippen molar-refractivity contribution in [3.05, 3.63) is 53.7 Å². The minimum Gasteiger partial charge on any atom is -0.256 e. The molecule has 3 atom stereocenters. The van der Waals surface area contributed by atoms with Crippen LogP contribution < -0.4 is 0 Å². The summed E-state index contributed by atoms with van der Waals surface area (Å²) in [5.74, 6) is 0. The molecule has 0 radical (unpaired) electrons. The second-order valence-electron chi connectivity index (χ2n) is 7.45. The van der Waals surface area contributed by atoms with Crippen LogP contribution >= 0.6 is 0 Å². The van der Waals surface area contributed by atoms with Crippen molar-refractivity contribution in [3.8, 4) is 11.3 Å². The quantitative estimate of drug-likeness (QED) is 0.718. The number of fused-ring (bicyclic) bond motifs is 3. The van der Waals surface area contributed by atoms with E-state index in [4.69, 9.17) is 4.98 Å². The van der Waals surface area contributed by atoms with Crippen molar-refractivity contribution < 1.29 is 0 Å². The summed E-state index contributed by atoms with van der Waals surface area (Å²) in [5.41, 5.74) is 6.04. The summed E-state index contributed by atoms with van der Waals surface area (Å²) in [4.78, 5) is 4.74. The lowest BCUT2D eigenvalue weighted by molar-refractivity contribution is 0.393. The molecule has 20 heavy (non-hydrogen) atoms. The van der Waals surface area contributed by atoms with Crippen LogP contribution in [-0.2, 0) is 10.7 Å². The molecule has 2 aromatic rings. The molecule has 0 N–H and O–H groups in total. The van der Waals surface area contributed by atoms with Gasteiger partial charge in [0, 0.05) is 17.2 Å². The molecule has 1 heterocycles. The van der Waals surface area contributed by atoms with Gasteiger partial charge in [0.2, 0.25) is 0 Å². The Balaban J connectivity index is 1.91. The number of aromatic nitrogens is 1. The number of nitrogens with zero attached hydrogens (tertiary/aromatic N) is 1. The molecule has 0 saturated heterocycles. The van der Waals surface area contributed by atoms with Crippen molar-refractivity contribution >= 4 is 7.85 Å². The topological polar surface area (TPSA) is 12.9 Å². The molecule has 0 bridgehead atoms. The summed E-state index contributed by atoms with van der Waals surface area (Å²) in [6, 6.07) is 12.8. The fraction of sp³-hybridized carbons (Fsp3) is 0.389. The van der Waals surface area contributed by atoms with Gasteiger partial charge < -0.3 is 0 Å². The van der Waals surface area contributed by atoms with Crippen LogP contribution in [0.25, 0.3) is 11.3 Å². The summed E-state index contributed by atoms with van der Waals surface area (Å²) < 4.78 is 0. The van der Waals surface area contributed by atoms with Crippen molar-refractivity contribution in [1.29, 1.82) is 0 Å². The SMILES string of the molecule is BC1(C)c2cc(-c3ccccc3)ncc2C2(C)CC12C. The van der Waals surface area contributed by atoms with E-state index < -0.39 is 0 Å². The van der Waals surface area contributed by atoms with Gasteiger partial charge in [0.1, 0.15) is 7.85 Å². The van der Waals surface area contributed by atoms with Crippen LogP contribution in [0.4, 0.5) is 0 Å². The van der Waals surface area contributed by atoms with Gasteiger partial charge in [0.05, 0.1) is 5.69 Å². The van der Waals surface area contributed by atoms with Crippen molar-refractivity contribution in [2.75, 3.05) is 0 Å². The van der Waals surface area contributed by atoms with E-state index in [9.17, 15) is 0 Å². The Kier molecular flexibility index (Phi) is 2.05. The average Bonchev–Trinajstić information content (AvgIpc) is 3.01. The lowest BCUT2D eigenvalue weighted by Gasteiger charge is -2.30. The molecule has 0 spiro atoms. The van der Waals surface area contributed by atoms with E-state index in [1.54, 1.807) is 0 Å². The maximum absolute atomic E-state index is 4.74. The number of benzene rings is 1. The normalized spacial score (nSPS) is 37.4. The third-order valence-electron chi connectivity index (χ3n) is 6.42. The first-order valence-corrected chi connectivity index (χ1v) is 7.47. The van der Waals surface area contributed by atoms with Gasteiger partial charge in [-0.2, -0.15) is 0 Å². The number of hydrogen-bond acceptors (Lipinski definition) is 1. The monoisotopic (exact) mass is 261 g/mol. The van der Waals surface area contributed by atoms with Gasteiger partial charge in [-0.15, -0.1) is 0 Å². The molecule has 3 unspecified atom stereocenters. The van der Waals surface area contributed by atoms with Crippen LogP contribution in [0.15, 0.2) is 42.6 Å². The lowest BCUT2D eigenvalue weighted by Crippen LogP contribution is -2.31. The molecule has 2 aliphatic carbocycles. The second kappa shape index (κ2) is 3.36. The minimum absolute atomic E-state index is 0.240. The van der Waals surface area contributed by atoms with Gasteiger partial charge in [-0.3, -0.25) is 4.98 Å². The maximum Gasteiger partial charge on any atom is 0.115 e. The van der Waals surface area contributed by atoms with Crippen LogP contribution in [0.2, 0.25) is 0 Å². The van der Waals surface area contributed by atoms with Gasteiger partial charge in [0.25, 0.3) is 0 Å². The van der Waals surface area contributed by atoms with Crippen LogP contribution in [0, 0.1) is 5.41 Å². The molecule has 4 rings (SSSR count). The van der Waals surface area contributed by atoms with E-state index in [-0.39, 0.29) is 5.31 Å². The fourth-order valence-electron chi connectivity index (χ4n) is 4.44. The van der Waals surface area contributed by atoms with Crippen LogP contribution in [0.1, 0.15) is 38.3 Å². The third kappa shape index (κ3) is 1.19. The van der Waals surface area contributed by atoms with E-state index in [1.807, 2.05) is 0 Å². The van der Waals surface area contributed by atoms with Crippen LogP contribution in [0.3, 0.4) is 0 Å². The highest BCUT2D eigenvalue weighted by molar-refractivity contribution is 6.18. The third-order valence-corrected chi connectivity index (χ3v) is 6.42. The minimum atomic E-state index is 0.240. The first-order chi connectivity index (χ1) is 9.40. The van der Waals surface area contributed by atoms with E-state index in [2.05, 4.69) is 71.2 Å². The molecule has 2 heteroatoms. The van der Waals surface area contributed by atoms with Gasteiger partial charge in [-0.1, -0.05) is 51.1 Å². The van der Waals surface area contributed by atoms with Gasteiger partial charge in [-0.05, 0) is 34.3 Å². The lowest BCUT2D eigenvalue weighted by atomic mass is 9.58. The molecule has 1 nitrogen and oxygen atoms in total. The standard InChI is InChI=1S/C18H20BN/c1-16-11-17(16,2)18(3,19)13-9-15(20-10-14(13)16)12-7-5-4-6-8-12/h4-10H,11,19H2,1-3H3. The molecular formula is C18H20BN. The van der Waals surface area contributed by atoms with Gasteiger partial charge in [-0.25, -0.2) is 0 Å². The average molecular weight is 261 g/mol. The summed E-state index contributed by atoms with van der Waals surface area (Å²) in [6.07, 6.45) is 3.43. The highest BCUT2D eigenvalue weighted by Crippen LogP contribution is 2.77. The Morgan fingerprint density at radius 2 is 1.75 bits per heavy atom. The van der Waals surface area contributed by atoms with E-state index >= 15 is 0 Å². The van der Waals surface area contributed by atoms with Crippen molar-refractivity contribution in [1.82, 2.24) is 4.98 Å². The summed E-state index contributed by atoms with van der Waals surface area (Å²) in [5, 5.41) is 0.240. The molecule has 1 aromatic heterocycles. The zero-order valence-electron chi connectivity index (χ0n) is 12.7. The Morgan fingerprint density at radius 3 is 2.45 bits per heavy atom. The summed E-state index contributed by atoms with van der Waals surface area (Å²) >= 11 is 0. The van der Waals surface area contributed by atoms with E-state index in [0.29, 0.717) is 10.8 Å². The molecule has 1 saturated carbocycles. The van der Waals surface area contributed by atoms with Crippen molar-refractivity contribution in [3.63, 3.8) is 0 Å². The summed E-state index contributed by atoms with van der Waals surface area (Å²) in [6.45, 7) is 7.25. The molecule has 100 valence electrons. The van der Waals surface area contributed by atoms with Gasteiger partial charge in [0.15, 0.2) is 0 Å². The Labute approximate surface area is 121 Å². The van der Waals surface area contributed by atoms with Crippen molar-refractivity contribution in [2.45, 2.75) is 37.9 Å². The molecule has 2 aliphatic rings. The Morgan fingerprint density at radius 1 is 1.05 bits per heavy atom. The number of rotatable bonds is 1. The fourth-order valence-corrected chi connectivity index (χ4v) is 4.44. The largest absolute Gasteiger partial charge is 0.256 e. The molecule has 0 amide bonds. The first-order valence-electron chi connectivity index (χ1n) is 7.47.